The number of esters is 1. The van der Waals surface area contributed by atoms with Crippen LogP contribution in [-0.2, 0) is 4.74 Å². The summed E-state index contributed by atoms with van der Waals surface area (Å²) in [6.45, 7) is 0. The number of ether oxygens (including phenoxy) is 1. The van der Waals surface area contributed by atoms with Gasteiger partial charge in [0.25, 0.3) is 0 Å². The molecule has 2 rings (SSSR count). The molecule has 0 aliphatic heterocycles. The highest BCUT2D eigenvalue weighted by atomic mass is 127. The Hall–Kier alpha value is -0.690. The Labute approximate surface area is 114 Å². The van der Waals surface area contributed by atoms with Crippen LogP contribution in [-0.4, -0.2) is 18.1 Å². The van der Waals surface area contributed by atoms with Crippen molar-refractivity contribution in [2.45, 2.75) is 0 Å². The first-order chi connectivity index (χ1) is 7.63. The number of hydrogen-bond donors (Lipinski definition) is 0. The van der Waals surface area contributed by atoms with Crippen molar-refractivity contribution in [3.63, 3.8) is 0 Å². The Morgan fingerprint density at radius 2 is 2.25 bits per heavy atom. The van der Waals surface area contributed by atoms with E-state index in [-0.39, 0.29) is 5.97 Å². The van der Waals surface area contributed by atoms with Crippen molar-refractivity contribution in [2.75, 3.05) is 7.11 Å². The molecule has 0 saturated carbocycles. The molecule has 2 aromatic rings. The molecule has 1 heterocycles. The molecule has 1 aromatic carbocycles. The predicted molar refractivity (Wildman–Crippen MR) is 73.5 cm³/mol. The van der Waals surface area contributed by atoms with Crippen LogP contribution in [0, 0.1) is 3.57 Å². The summed E-state index contributed by atoms with van der Waals surface area (Å²) in [5, 5.41) is 0.912. The number of rotatable bonds is 1. The molecule has 1 aromatic heterocycles. The molecular weight excluding hydrogens is 385 g/mol. The van der Waals surface area contributed by atoms with Crippen LogP contribution in [0.1, 0.15) is 10.4 Å². The van der Waals surface area contributed by atoms with Crippen LogP contribution in [0.25, 0.3) is 10.9 Å². The lowest BCUT2D eigenvalue weighted by Gasteiger charge is -2.05. The smallest absolute Gasteiger partial charge is 0.340 e. The van der Waals surface area contributed by atoms with E-state index in [1.54, 1.807) is 0 Å². The van der Waals surface area contributed by atoms with Crippen LogP contribution in [0.3, 0.4) is 0 Å². The van der Waals surface area contributed by atoms with Gasteiger partial charge in [-0.15, -0.1) is 0 Å². The largest absolute Gasteiger partial charge is 0.465 e. The van der Waals surface area contributed by atoms with E-state index < -0.39 is 0 Å². The third-order valence-electron chi connectivity index (χ3n) is 2.17. The number of pyridine rings is 1. The number of fused-ring (bicyclic) bond motifs is 1. The first kappa shape index (κ1) is 11.8. The van der Waals surface area contributed by atoms with Gasteiger partial charge in [0.15, 0.2) is 0 Å². The van der Waals surface area contributed by atoms with Gasteiger partial charge in [-0.3, -0.25) is 4.98 Å². The van der Waals surface area contributed by atoms with Crippen LogP contribution in [0.4, 0.5) is 0 Å². The number of carbonyl (C=O) groups is 1. The Bertz CT molecular complexity index is 571. The summed E-state index contributed by atoms with van der Waals surface area (Å²) >= 11 is 5.63. The minimum atomic E-state index is -0.389. The van der Waals surface area contributed by atoms with Crippen molar-refractivity contribution in [2.24, 2.45) is 0 Å². The molecule has 82 valence electrons. The Kier molecular flexibility index (Phi) is 3.44. The van der Waals surface area contributed by atoms with Gasteiger partial charge < -0.3 is 4.74 Å². The zero-order valence-electron chi connectivity index (χ0n) is 8.33. The van der Waals surface area contributed by atoms with Gasteiger partial charge in [-0.2, -0.15) is 0 Å². The average molecular weight is 392 g/mol. The first-order valence-electron chi connectivity index (χ1n) is 4.45. The molecule has 0 radical (unpaired) electrons. The van der Waals surface area contributed by atoms with Gasteiger partial charge in [0, 0.05) is 19.6 Å². The number of methoxy groups -OCH3 is 1. The van der Waals surface area contributed by atoms with E-state index in [0.717, 1.165) is 18.9 Å². The first-order valence-corrected chi connectivity index (χ1v) is 6.32. The van der Waals surface area contributed by atoms with Gasteiger partial charge in [-0.05, 0) is 56.7 Å². The molecule has 0 N–H and O–H groups in total. The van der Waals surface area contributed by atoms with Crippen LogP contribution in [0.2, 0.25) is 0 Å². The number of halogens is 2. The Morgan fingerprint density at radius 3 is 2.94 bits per heavy atom. The van der Waals surface area contributed by atoms with Gasteiger partial charge in [-0.25, -0.2) is 4.79 Å². The molecule has 0 bridgehead atoms. The van der Waals surface area contributed by atoms with Gasteiger partial charge in [0.2, 0.25) is 0 Å². The summed E-state index contributed by atoms with van der Waals surface area (Å²) in [6, 6.07) is 5.86. The van der Waals surface area contributed by atoms with Crippen molar-refractivity contribution in [1.82, 2.24) is 4.98 Å². The minimum absolute atomic E-state index is 0.389. The summed E-state index contributed by atoms with van der Waals surface area (Å²) in [5.74, 6) is -0.389. The predicted octanol–water partition coefficient (Wildman–Crippen LogP) is 3.39. The number of nitrogens with zero attached hydrogens (tertiary/aromatic N) is 1. The summed E-state index contributed by atoms with van der Waals surface area (Å²) in [6.07, 6.45) is 1.52. The highest BCUT2D eigenvalue weighted by Gasteiger charge is 2.13. The summed E-state index contributed by atoms with van der Waals surface area (Å²) in [5.41, 5.74) is 1.29. The van der Waals surface area contributed by atoms with E-state index in [1.807, 2.05) is 18.2 Å². The van der Waals surface area contributed by atoms with E-state index in [9.17, 15) is 4.79 Å². The van der Waals surface area contributed by atoms with Gasteiger partial charge in [-0.1, -0.05) is 0 Å². The SMILES string of the molecule is COC(=O)c1cnc2ccc(I)cc2c1Br. The lowest BCUT2D eigenvalue weighted by Crippen LogP contribution is -2.03. The van der Waals surface area contributed by atoms with Crippen molar-refractivity contribution in [1.29, 1.82) is 0 Å². The number of aromatic nitrogens is 1. The molecule has 0 spiro atoms. The number of benzene rings is 1. The monoisotopic (exact) mass is 391 g/mol. The molecule has 0 fully saturated rings. The van der Waals surface area contributed by atoms with E-state index in [0.29, 0.717) is 5.56 Å². The maximum absolute atomic E-state index is 11.5. The zero-order valence-corrected chi connectivity index (χ0v) is 12.1. The second-order valence-corrected chi connectivity index (χ2v) is 5.18. The lowest BCUT2D eigenvalue weighted by molar-refractivity contribution is 0.0599. The maximum atomic E-state index is 11.5. The molecule has 0 atom stereocenters. The van der Waals surface area contributed by atoms with Crippen molar-refractivity contribution in [3.05, 3.63) is 38.0 Å². The molecule has 0 amide bonds. The van der Waals surface area contributed by atoms with E-state index >= 15 is 0 Å². The summed E-state index contributed by atoms with van der Waals surface area (Å²) in [4.78, 5) is 15.7. The normalized spacial score (nSPS) is 10.4. The van der Waals surface area contributed by atoms with E-state index in [1.165, 1.54) is 13.3 Å². The summed E-state index contributed by atoms with van der Waals surface area (Å²) < 4.78 is 6.50. The fraction of sp³-hybridized carbons (Fsp3) is 0.0909. The molecule has 5 heteroatoms. The molecule has 0 aliphatic carbocycles. The molecule has 16 heavy (non-hydrogen) atoms. The minimum Gasteiger partial charge on any atom is -0.465 e. The van der Waals surface area contributed by atoms with E-state index in [4.69, 9.17) is 0 Å². The molecule has 0 unspecified atom stereocenters. The second-order valence-electron chi connectivity index (χ2n) is 3.14. The van der Waals surface area contributed by atoms with Gasteiger partial charge >= 0.3 is 5.97 Å². The van der Waals surface area contributed by atoms with Crippen molar-refractivity contribution < 1.29 is 9.53 Å². The van der Waals surface area contributed by atoms with Crippen molar-refractivity contribution >= 4 is 55.4 Å². The highest BCUT2D eigenvalue weighted by molar-refractivity contribution is 14.1. The second kappa shape index (κ2) is 4.67. The number of hydrogen-bond acceptors (Lipinski definition) is 3. The van der Waals surface area contributed by atoms with Crippen LogP contribution >= 0.6 is 38.5 Å². The van der Waals surface area contributed by atoms with Gasteiger partial charge in [0.1, 0.15) is 0 Å². The topological polar surface area (TPSA) is 39.2 Å². The van der Waals surface area contributed by atoms with Crippen LogP contribution in [0.5, 0.6) is 0 Å². The third-order valence-corrected chi connectivity index (χ3v) is 3.69. The Morgan fingerprint density at radius 1 is 1.50 bits per heavy atom. The van der Waals surface area contributed by atoms with E-state index in [2.05, 4.69) is 48.2 Å². The van der Waals surface area contributed by atoms with Gasteiger partial charge in [0.05, 0.1) is 18.2 Å². The Balaban J connectivity index is 2.72. The van der Waals surface area contributed by atoms with Crippen LogP contribution in [0.15, 0.2) is 28.9 Å². The molecule has 3 nitrogen and oxygen atoms in total. The fourth-order valence-corrected chi connectivity index (χ4v) is 2.46. The van der Waals surface area contributed by atoms with Crippen LogP contribution < -0.4 is 0 Å². The summed E-state index contributed by atoms with van der Waals surface area (Å²) in [7, 11) is 1.35. The third kappa shape index (κ3) is 2.06. The number of carbonyl (C=O) groups excluding carboxylic acids is 1. The molecular formula is C11H7BrINO2. The highest BCUT2D eigenvalue weighted by Crippen LogP contribution is 2.27. The average Bonchev–Trinajstić information content (AvgIpc) is 2.29. The van der Waals surface area contributed by atoms with Crippen molar-refractivity contribution in [3.8, 4) is 0 Å². The molecule has 0 aliphatic rings. The fourth-order valence-electron chi connectivity index (χ4n) is 1.38. The molecule has 0 saturated heterocycles. The zero-order chi connectivity index (χ0) is 11.7. The quantitative estimate of drug-likeness (QED) is 0.552. The maximum Gasteiger partial charge on any atom is 0.340 e. The standard InChI is InChI=1S/C11H7BrINO2/c1-16-11(15)8-5-14-9-3-2-6(13)4-7(9)10(8)12/h2-5H,1H3. The lowest BCUT2D eigenvalue weighted by atomic mass is 10.1.